The van der Waals surface area contributed by atoms with Gasteiger partial charge in [0.25, 0.3) is 0 Å². The van der Waals surface area contributed by atoms with Crippen LogP contribution in [0.4, 0.5) is 10.1 Å². The molecule has 0 saturated heterocycles. The molecule has 1 saturated carbocycles. The number of hydrogen-bond donors (Lipinski definition) is 0. The minimum absolute atomic E-state index is 0.0341. The topological polar surface area (TPSA) is 100 Å². The van der Waals surface area contributed by atoms with E-state index in [1.54, 1.807) is 37.5 Å². The van der Waals surface area contributed by atoms with Crippen LogP contribution in [-0.4, -0.2) is 28.1 Å². The Labute approximate surface area is 255 Å². The molecule has 0 amide bonds. The summed E-state index contributed by atoms with van der Waals surface area (Å²) in [5.41, 5.74) is 3.91. The fourth-order valence-corrected chi connectivity index (χ4v) is 5.76. The highest BCUT2D eigenvalue weighted by atomic mass is 19.1. The number of rotatable bonds is 10. The molecule has 0 spiro atoms. The van der Waals surface area contributed by atoms with Gasteiger partial charge in [-0.3, -0.25) is 14.5 Å². The predicted octanol–water partition coefficient (Wildman–Crippen LogP) is 8.21. The zero-order valence-electron chi connectivity index (χ0n) is 24.9. The molecule has 44 heavy (non-hydrogen) atoms. The summed E-state index contributed by atoms with van der Waals surface area (Å²) in [4.78, 5) is 37.1. The number of nitriles is 1. The van der Waals surface area contributed by atoms with Crippen LogP contribution in [0, 0.1) is 24.2 Å². The van der Waals surface area contributed by atoms with Gasteiger partial charge in [-0.1, -0.05) is 42.8 Å². The largest absolute Gasteiger partial charge is 0.455 e. The van der Waals surface area contributed by atoms with Gasteiger partial charge in [0, 0.05) is 59.8 Å². The van der Waals surface area contributed by atoms with E-state index in [0.29, 0.717) is 51.5 Å². The predicted molar refractivity (Wildman–Crippen MR) is 167 cm³/mol. The number of ketones is 2. The number of carbonyl (C=O) groups excluding carboxylic acids is 2. The number of furan rings is 1. The van der Waals surface area contributed by atoms with E-state index in [4.69, 9.17) is 4.42 Å². The van der Waals surface area contributed by atoms with Gasteiger partial charge in [0.2, 0.25) is 0 Å². The summed E-state index contributed by atoms with van der Waals surface area (Å²) >= 11 is 0. The number of fused-ring (bicyclic) bond motifs is 1. The standard InChI is InChI=1S/C36H31FN4O3/c1-4-30(42)33-27-18-25(29(41(5-2)21-38)19-32(27)44-34(33)23-9-7-22(3)8-10-23)24-11-12-28(37)26(17-24)31(43)20-36(13-14-36)35-39-15-6-16-40-35/h6-12,15-19H,4-5,13-14,20H2,1-3H3. The van der Waals surface area contributed by atoms with Crippen LogP contribution in [0.3, 0.4) is 0 Å². The van der Waals surface area contributed by atoms with Gasteiger partial charge >= 0.3 is 0 Å². The molecule has 0 aliphatic heterocycles. The van der Waals surface area contributed by atoms with E-state index in [-0.39, 0.29) is 30.0 Å². The molecule has 220 valence electrons. The molecule has 2 heterocycles. The van der Waals surface area contributed by atoms with Crippen LogP contribution in [0.5, 0.6) is 0 Å². The SMILES string of the molecule is CCC(=O)c1c(-c2ccc(C)cc2)oc2cc(N(C#N)CC)c(-c3ccc(F)c(C(=O)CC4(c5ncccn5)CC4)c3)cc12. The summed E-state index contributed by atoms with van der Waals surface area (Å²) in [7, 11) is 0. The maximum atomic E-state index is 15.2. The van der Waals surface area contributed by atoms with Crippen LogP contribution in [0.15, 0.2) is 77.5 Å². The Morgan fingerprint density at radius 3 is 2.34 bits per heavy atom. The molecule has 8 heteroatoms. The van der Waals surface area contributed by atoms with Crippen LogP contribution >= 0.6 is 0 Å². The van der Waals surface area contributed by atoms with Crippen molar-refractivity contribution in [2.24, 2.45) is 0 Å². The molecule has 0 atom stereocenters. The Kier molecular flexibility index (Phi) is 7.56. The fraction of sp³-hybridized carbons (Fsp3) is 0.250. The molecule has 0 radical (unpaired) electrons. The minimum Gasteiger partial charge on any atom is -0.455 e. The maximum Gasteiger partial charge on any atom is 0.184 e. The Morgan fingerprint density at radius 1 is 1.00 bits per heavy atom. The number of Topliss-reactive ketones (excluding diaryl/α,β-unsaturated/α-hetero) is 2. The third-order valence-corrected chi connectivity index (χ3v) is 8.42. The highest BCUT2D eigenvalue weighted by Gasteiger charge is 2.48. The number of aromatic nitrogens is 2. The van der Waals surface area contributed by atoms with Gasteiger partial charge in [-0.25, -0.2) is 14.4 Å². The van der Waals surface area contributed by atoms with E-state index in [0.717, 1.165) is 24.0 Å². The lowest BCUT2D eigenvalue weighted by atomic mass is 9.91. The van der Waals surface area contributed by atoms with Crippen molar-refractivity contribution in [3.05, 3.63) is 101 Å². The molecule has 1 aliphatic rings. The first kappa shape index (κ1) is 28.9. The van der Waals surface area contributed by atoms with E-state index in [9.17, 15) is 14.9 Å². The molecule has 0 N–H and O–H groups in total. The second-order valence-electron chi connectivity index (χ2n) is 11.3. The average Bonchev–Trinajstić information content (AvgIpc) is 3.73. The lowest BCUT2D eigenvalue weighted by Crippen LogP contribution is -2.18. The first-order valence-corrected chi connectivity index (χ1v) is 14.8. The fourth-order valence-electron chi connectivity index (χ4n) is 5.76. The van der Waals surface area contributed by atoms with Gasteiger partial charge in [-0.05, 0) is 56.5 Å². The lowest BCUT2D eigenvalue weighted by molar-refractivity contribution is 0.0962. The summed E-state index contributed by atoms with van der Waals surface area (Å²) in [6.07, 6.45) is 7.40. The van der Waals surface area contributed by atoms with Crippen molar-refractivity contribution in [2.75, 3.05) is 11.4 Å². The number of nitrogens with zero attached hydrogens (tertiary/aromatic N) is 4. The van der Waals surface area contributed by atoms with Crippen LogP contribution in [0.25, 0.3) is 33.4 Å². The van der Waals surface area contributed by atoms with Gasteiger partial charge < -0.3 is 4.42 Å². The first-order valence-electron chi connectivity index (χ1n) is 14.8. The second-order valence-corrected chi connectivity index (χ2v) is 11.3. The van der Waals surface area contributed by atoms with Gasteiger partial charge in [0.1, 0.15) is 23.0 Å². The molecule has 6 rings (SSSR count). The number of benzene rings is 3. The average molecular weight is 587 g/mol. The smallest absolute Gasteiger partial charge is 0.184 e. The van der Waals surface area contributed by atoms with E-state index in [1.807, 2.05) is 44.2 Å². The number of halogens is 1. The molecule has 0 unspecified atom stereocenters. The summed E-state index contributed by atoms with van der Waals surface area (Å²) in [6, 6.07) is 17.5. The molecular weight excluding hydrogens is 555 g/mol. The van der Waals surface area contributed by atoms with Crippen molar-refractivity contribution in [1.29, 1.82) is 5.26 Å². The monoisotopic (exact) mass is 586 g/mol. The molecule has 3 aromatic carbocycles. The normalized spacial score (nSPS) is 13.4. The van der Waals surface area contributed by atoms with Crippen LogP contribution < -0.4 is 4.90 Å². The zero-order chi connectivity index (χ0) is 31.0. The van der Waals surface area contributed by atoms with Crippen molar-refractivity contribution in [3.8, 4) is 28.6 Å². The van der Waals surface area contributed by atoms with Crippen LogP contribution in [0.2, 0.25) is 0 Å². The van der Waals surface area contributed by atoms with E-state index >= 15 is 4.39 Å². The van der Waals surface area contributed by atoms with Crippen molar-refractivity contribution in [1.82, 2.24) is 9.97 Å². The zero-order valence-corrected chi connectivity index (χ0v) is 24.9. The highest BCUT2D eigenvalue weighted by molar-refractivity contribution is 6.14. The Bertz CT molecular complexity index is 1940. The summed E-state index contributed by atoms with van der Waals surface area (Å²) in [6.45, 7) is 6.01. The van der Waals surface area contributed by atoms with Gasteiger partial charge in [-0.2, -0.15) is 5.26 Å². The Morgan fingerprint density at radius 2 is 1.70 bits per heavy atom. The van der Waals surface area contributed by atoms with Crippen molar-refractivity contribution in [2.45, 2.75) is 51.9 Å². The van der Waals surface area contributed by atoms with Gasteiger partial charge in [0.05, 0.1) is 16.8 Å². The minimum atomic E-state index is -0.620. The number of hydrogen-bond acceptors (Lipinski definition) is 7. The molecule has 0 bridgehead atoms. The van der Waals surface area contributed by atoms with Crippen molar-refractivity contribution in [3.63, 3.8) is 0 Å². The van der Waals surface area contributed by atoms with E-state index < -0.39 is 11.2 Å². The Hall–Kier alpha value is -5.16. The van der Waals surface area contributed by atoms with Crippen molar-refractivity contribution >= 4 is 28.2 Å². The number of carbonyl (C=O) groups is 2. The summed E-state index contributed by atoms with van der Waals surface area (Å²) in [5.74, 6) is 0.0194. The Balaban J connectivity index is 1.50. The van der Waals surface area contributed by atoms with Crippen LogP contribution in [-0.2, 0) is 5.41 Å². The highest BCUT2D eigenvalue weighted by Crippen LogP contribution is 2.50. The number of anilines is 1. The molecule has 7 nitrogen and oxygen atoms in total. The van der Waals surface area contributed by atoms with E-state index in [1.165, 1.54) is 17.0 Å². The molecule has 1 fully saturated rings. The van der Waals surface area contributed by atoms with Crippen LogP contribution in [0.1, 0.15) is 71.6 Å². The van der Waals surface area contributed by atoms with E-state index in [2.05, 4.69) is 16.2 Å². The first-order chi connectivity index (χ1) is 21.3. The molecular formula is C36H31FN4O3. The van der Waals surface area contributed by atoms with Gasteiger partial charge in [0.15, 0.2) is 17.8 Å². The third-order valence-electron chi connectivity index (χ3n) is 8.42. The maximum absolute atomic E-state index is 15.2. The second kappa shape index (κ2) is 11.5. The molecule has 5 aromatic rings. The number of aryl methyl sites for hydroxylation is 1. The quantitative estimate of drug-likeness (QED) is 0.0923. The molecule has 2 aromatic heterocycles. The summed E-state index contributed by atoms with van der Waals surface area (Å²) < 4.78 is 21.6. The third kappa shape index (κ3) is 5.15. The van der Waals surface area contributed by atoms with Gasteiger partial charge in [-0.15, -0.1) is 0 Å². The molecule has 1 aliphatic carbocycles. The van der Waals surface area contributed by atoms with Crippen molar-refractivity contribution < 1.29 is 18.4 Å². The summed E-state index contributed by atoms with van der Waals surface area (Å²) in [5, 5.41) is 10.6. The lowest BCUT2D eigenvalue weighted by Gasteiger charge is -2.19.